The summed E-state index contributed by atoms with van der Waals surface area (Å²) in [6.07, 6.45) is 4.23. The Bertz CT molecular complexity index is 490. The van der Waals surface area contributed by atoms with E-state index in [1.165, 1.54) is 0 Å². The predicted molar refractivity (Wildman–Crippen MR) is 76.9 cm³/mol. The van der Waals surface area contributed by atoms with Crippen molar-refractivity contribution in [3.05, 3.63) is 40.6 Å². The van der Waals surface area contributed by atoms with Crippen LogP contribution < -0.4 is 5.32 Å². The van der Waals surface area contributed by atoms with Crippen LogP contribution in [0.25, 0.3) is 0 Å². The summed E-state index contributed by atoms with van der Waals surface area (Å²) in [4.78, 5) is 16.0. The molecule has 2 atom stereocenters. The number of pyridine rings is 1. The first-order valence-electron chi connectivity index (χ1n) is 6.24. The zero-order valence-corrected chi connectivity index (χ0v) is 12.4. The second-order valence-electron chi connectivity index (χ2n) is 4.75. The summed E-state index contributed by atoms with van der Waals surface area (Å²) in [5, 5.41) is 2.95. The number of hydrogen-bond acceptors (Lipinski definition) is 3. The molecule has 19 heavy (non-hydrogen) atoms. The average Bonchev–Trinajstić information content (AvgIpc) is 2.85. The Hall–Kier alpha value is -1.20. The van der Waals surface area contributed by atoms with E-state index in [2.05, 4.69) is 32.8 Å². The fraction of sp³-hybridized carbons (Fsp3) is 0.429. The van der Waals surface area contributed by atoms with Crippen LogP contribution in [-0.2, 0) is 4.74 Å². The van der Waals surface area contributed by atoms with Crippen molar-refractivity contribution in [1.82, 2.24) is 10.3 Å². The Morgan fingerprint density at radius 3 is 3.16 bits per heavy atom. The molecule has 102 valence electrons. The smallest absolute Gasteiger partial charge is 0.252 e. The van der Waals surface area contributed by atoms with Crippen LogP contribution >= 0.6 is 15.9 Å². The van der Waals surface area contributed by atoms with Crippen LogP contribution in [0.15, 0.2) is 35.1 Å². The molecule has 2 unspecified atom stereocenters. The molecule has 5 heteroatoms. The molecule has 1 fully saturated rings. The van der Waals surface area contributed by atoms with Crippen molar-refractivity contribution in [2.75, 3.05) is 13.2 Å². The van der Waals surface area contributed by atoms with Crippen LogP contribution in [-0.4, -0.2) is 30.1 Å². The van der Waals surface area contributed by atoms with E-state index in [4.69, 9.17) is 4.74 Å². The van der Waals surface area contributed by atoms with Crippen LogP contribution in [0.1, 0.15) is 23.7 Å². The molecule has 1 aromatic heterocycles. The maximum atomic E-state index is 12.1. The average molecular weight is 325 g/mol. The first-order valence-corrected chi connectivity index (χ1v) is 7.03. The Balaban J connectivity index is 1.94. The van der Waals surface area contributed by atoms with Crippen LogP contribution in [0.2, 0.25) is 0 Å². The van der Waals surface area contributed by atoms with E-state index in [0.29, 0.717) is 22.5 Å². The normalized spacial score (nSPS) is 22.2. The second-order valence-corrected chi connectivity index (χ2v) is 5.61. The van der Waals surface area contributed by atoms with Crippen LogP contribution in [0.3, 0.4) is 0 Å². The third-order valence-electron chi connectivity index (χ3n) is 3.24. The van der Waals surface area contributed by atoms with Crippen LogP contribution in [0, 0.1) is 5.92 Å². The summed E-state index contributed by atoms with van der Waals surface area (Å²) < 4.78 is 6.32. The molecule has 0 bridgehead atoms. The van der Waals surface area contributed by atoms with Gasteiger partial charge in [0.25, 0.3) is 5.91 Å². The number of carbonyl (C=O) groups excluding carboxylic acids is 1. The van der Waals surface area contributed by atoms with Crippen molar-refractivity contribution in [1.29, 1.82) is 0 Å². The zero-order chi connectivity index (χ0) is 13.8. The Kier molecular flexibility index (Phi) is 4.71. The molecule has 0 aliphatic carbocycles. The molecule has 0 radical (unpaired) electrons. The van der Waals surface area contributed by atoms with Gasteiger partial charge in [0.2, 0.25) is 0 Å². The molecule has 1 saturated heterocycles. The highest BCUT2D eigenvalue weighted by atomic mass is 79.9. The Labute approximate surface area is 121 Å². The number of carbonyl (C=O) groups is 1. The third kappa shape index (κ3) is 3.42. The van der Waals surface area contributed by atoms with Gasteiger partial charge in [-0.25, -0.2) is 0 Å². The van der Waals surface area contributed by atoms with Gasteiger partial charge in [0, 0.05) is 35.9 Å². The van der Waals surface area contributed by atoms with Gasteiger partial charge < -0.3 is 10.1 Å². The van der Waals surface area contributed by atoms with Gasteiger partial charge in [0.05, 0.1) is 11.7 Å². The van der Waals surface area contributed by atoms with Crippen LogP contribution in [0.4, 0.5) is 0 Å². The van der Waals surface area contributed by atoms with E-state index in [1.807, 2.05) is 6.92 Å². The van der Waals surface area contributed by atoms with E-state index < -0.39 is 0 Å². The summed E-state index contributed by atoms with van der Waals surface area (Å²) >= 11 is 3.32. The van der Waals surface area contributed by atoms with Crippen molar-refractivity contribution in [3.63, 3.8) is 0 Å². The number of aromatic nitrogens is 1. The SMILES string of the molecule is C=C(C)C1OCCC1CNC(=O)c1ccncc1Br. The number of halogens is 1. The molecule has 0 saturated carbocycles. The molecule has 0 aromatic carbocycles. The molecule has 0 spiro atoms. The topological polar surface area (TPSA) is 51.2 Å². The number of ether oxygens (including phenoxy) is 1. The number of amides is 1. The minimum Gasteiger partial charge on any atom is -0.374 e. The summed E-state index contributed by atoms with van der Waals surface area (Å²) in [5.41, 5.74) is 1.61. The van der Waals surface area contributed by atoms with Gasteiger partial charge >= 0.3 is 0 Å². The van der Waals surface area contributed by atoms with Crippen molar-refractivity contribution in [2.24, 2.45) is 5.92 Å². The summed E-state index contributed by atoms with van der Waals surface area (Å²) in [6, 6.07) is 1.70. The highest BCUT2D eigenvalue weighted by Gasteiger charge is 2.29. The highest BCUT2D eigenvalue weighted by Crippen LogP contribution is 2.25. The first kappa shape index (κ1) is 14.2. The van der Waals surface area contributed by atoms with Crippen molar-refractivity contribution in [2.45, 2.75) is 19.4 Å². The van der Waals surface area contributed by atoms with E-state index >= 15 is 0 Å². The maximum absolute atomic E-state index is 12.1. The minimum atomic E-state index is -0.0957. The molecule has 1 aromatic rings. The summed E-state index contributed by atoms with van der Waals surface area (Å²) in [6.45, 7) is 7.23. The largest absolute Gasteiger partial charge is 0.374 e. The molecule has 4 nitrogen and oxygen atoms in total. The van der Waals surface area contributed by atoms with E-state index in [-0.39, 0.29) is 12.0 Å². The second kappa shape index (κ2) is 6.30. The first-order chi connectivity index (χ1) is 9.09. The Morgan fingerprint density at radius 2 is 2.47 bits per heavy atom. The van der Waals surface area contributed by atoms with Crippen LogP contribution in [0.5, 0.6) is 0 Å². The summed E-state index contributed by atoms with van der Waals surface area (Å²) in [5.74, 6) is 0.212. The van der Waals surface area contributed by atoms with Crippen molar-refractivity contribution >= 4 is 21.8 Å². The number of rotatable bonds is 4. The molecule has 1 N–H and O–H groups in total. The number of nitrogens with zero attached hydrogens (tertiary/aromatic N) is 1. The highest BCUT2D eigenvalue weighted by molar-refractivity contribution is 9.10. The monoisotopic (exact) mass is 324 g/mol. The van der Waals surface area contributed by atoms with Crippen molar-refractivity contribution in [3.8, 4) is 0 Å². The number of hydrogen-bond donors (Lipinski definition) is 1. The van der Waals surface area contributed by atoms with Crippen molar-refractivity contribution < 1.29 is 9.53 Å². The Morgan fingerprint density at radius 1 is 1.68 bits per heavy atom. The molecule has 2 rings (SSSR count). The molecule has 1 amide bonds. The fourth-order valence-corrected chi connectivity index (χ4v) is 2.70. The van der Waals surface area contributed by atoms with Gasteiger partial charge in [0.15, 0.2) is 0 Å². The quantitative estimate of drug-likeness (QED) is 0.866. The van der Waals surface area contributed by atoms with Gasteiger partial charge in [-0.1, -0.05) is 12.2 Å². The van der Waals surface area contributed by atoms with E-state index in [1.54, 1.807) is 18.5 Å². The summed E-state index contributed by atoms with van der Waals surface area (Å²) in [7, 11) is 0. The molecular formula is C14H17BrN2O2. The molecule has 1 aliphatic heterocycles. The van der Waals surface area contributed by atoms with Gasteiger partial charge in [-0.3, -0.25) is 9.78 Å². The zero-order valence-electron chi connectivity index (χ0n) is 10.9. The lowest BCUT2D eigenvalue weighted by Crippen LogP contribution is -2.33. The lowest BCUT2D eigenvalue weighted by molar-refractivity contribution is 0.0925. The lowest BCUT2D eigenvalue weighted by atomic mass is 9.97. The standard InChI is InChI=1S/C14H17BrN2O2/c1-9(2)13-10(4-6-19-13)7-17-14(18)11-3-5-16-8-12(11)15/h3,5,8,10,13H,1,4,6-7H2,2H3,(H,17,18). The lowest BCUT2D eigenvalue weighted by Gasteiger charge is -2.19. The van der Waals surface area contributed by atoms with E-state index in [0.717, 1.165) is 18.6 Å². The van der Waals surface area contributed by atoms with Gasteiger partial charge in [0.1, 0.15) is 0 Å². The van der Waals surface area contributed by atoms with E-state index in [9.17, 15) is 4.79 Å². The molecular weight excluding hydrogens is 308 g/mol. The predicted octanol–water partition coefficient (Wildman–Crippen LogP) is 2.56. The van der Waals surface area contributed by atoms with Gasteiger partial charge in [-0.05, 0) is 35.3 Å². The molecule has 1 aliphatic rings. The molecule has 2 heterocycles. The maximum Gasteiger partial charge on any atom is 0.252 e. The minimum absolute atomic E-state index is 0.0566. The fourth-order valence-electron chi connectivity index (χ4n) is 2.27. The third-order valence-corrected chi connectivity index (χ3v) is 3.87. The van der Waals surface area contributed by atoms with Gasteiger partial charge in [-0.15, -0.1) is 0 Å². The number of nitrogens with one attached hydrogen (secondary N) is 1. The van der Waals surface area contributed by atoms with Gasteiger partial charge in [-0.2, -0.15) is 0 Å².